The monoisotopic (exact) mass is 355 g/mol. The molecule has 1 aromatic carbocycles. The number of carboxylic acids is 1. The van der Waals surface area contributed by atoms with E-state index in [1.165, 1.54) is 6.07 Å². The van der Waals surface area contributed by atoms with Crippen LogP contribution in [0, 0.1) is 0 Å². The smallest absolute Gasteiger partial charge is 0.345 e. The molecule has 1 amide bonds. The lowest BCUT2D eigenvalue weighted by Crippen LogP contribution is -2.19. The number of aromatic carboxylic acids is 1. The summed E-state index contributed by atoms with van der Waals surface area (Å²) in [7, 11) is 0. The Labute approximate surface area is 127 Å². The molecule has 2 N–H and O–H groups in total. The molecule has 1 aromatic heterocycles. The second-order valence-corrected chi connectivity index (χ2v) is 5.76. The summed E-state index contributed by atoms with van der Waals surface area (Å²) < 4.78 is 6.23. The molecule has 0 fully saturated rings. The maximum atomic E-state index is 11.6. The minimum absolute atomic E-state index is 0.137. The zero-order valence-corrected chi connectivity index (χ0v) is 12.5. The van der Waals surface area contributed by atoms with Crippen LogP contribution < -0.4 is 10.1 Å². The van der Waals surface area contributed by atoms with E-state index in [-0.39, 0.29) is 17.4 Å². The van der Waals surface area contributed by atoms with Crippen LogP contribution in [0.15, 0.2) is 40.9 Å². The molecule has 1 heterocycles. The van der Waals surface area contributed by atoms with E-state index in [1.54, 1.807) is 18.2 Å². The van der Waals surface area contributed by atoms with Crippen molar-refractivity contribution in [2.75, 3.05) is 11.9 Å². The summed E-state index contributed by atoms with van der Waals surface area (Å²) in [5.74, 6) is -0.769. The molecule has 0 atom stereocenters. The van der Waals surface area contributed by atoms with Crippen LogP contribution in [0.4, 0.5) is 5.00 Å². The fraction of sp³-hybridized carbons (Fsp3) is 0.0769. The highest BCUT2D eigenvalue weighted by molar-refractivity contribution is 9.10. The highest BCUT2D eigenvalue weighted by atomic mass is 79.9. The molecule has 0 bridgehead atoms. The van der Waals surface area contributed by atoms with Gasteiger partial charge in [-0.25, -0.2) is 4.79 Å². The molecule has 104 valence electrons. The SMILES string of the molecule is O=C(COc1ccc(Br)cc1)Nc1ccc(C(=O)O)s1. The standard InChI is InChI=1S/C13H10BrNO4S/c14-8-1-3-9(4-2-8)19-7-11(16)15-12-6-5-10(20-12)13(17)18/h1-6H,7H2,(H,15,16)(H,17,18). The Bertz CT molecular complexity index is 624. The van der Waals surface area contributed by atoms with Gasteiger partial charge in [-0.3, -0.25) is 4.79 Å². The highest BCUT2D eigenvalue weighted by Gasteiger charge is 2.09. The van der Waals surface area contributed by atoms with E-state index in [1.807, 2.05) is 12.1 Å². The van der Waals surface area contributed by atoms with E-state index in [0.29, 0.717) is 10.8 Å². The Morgan fingerprint density at radius 2 is 1.90 bits per heavy atom. The molecule has 0 aliphatic carbocycles. The van der Waals surface area contributed by atoms with Crippen molar-refractivity contribution in [2.45, 2.75) is 0 Å². The largest absolute Gasteiger partial charge is 0.484 e. The molecule has 0 aliphatic rings. The number of hydrogen-bond donors (Lipinski definition) is 2. The number of benzene rings is 1. The molecule has 0 aliphatic heterocycles. The predicted octanol–water partition coefficient (Wildman–Crippen LogP) is 3.23. The molecule has 0 spiro atoms. The first-order chi connectivity index (χ1) is 9.54. The van der Waals surface area contributed by atoms with E-state index in [0.717, 1.165) is 15.8 Å². The minimum atomic E-state index is -1.01. The van der Waals surface area contributed by atoms with Gasteiger partial charge in [0, 0.05) is 4.47 Å². The van der Waals surface area contributed by atoms with Gasteiger partial charge in [0.05, 0.1) is 5.00 Å². The molecular formula is C13H10BrNO4S. The minimum Gasteiger partial charge on any atom is -0.484 e. The summed E-state index contributed by atoms with van der Waals surface area (Å²) in [6, 6.07) is 10.1. The number of hydrogen-bond acceptors (Lipinski definition) is 4. The lowest BCUT2D eigenvalue weighted by Gasteiger charge is -2.06. The van der Waals surface area contributed by atoms with Crippen molar-refractivity contribution in [1.29, 1.82) is 0 Å². The number of carbonyl (C=O) groups is 2. The summed E-state index contributed by atoms with van der Waals surface area (Å²) >= 11 is 4.30. The third kappa shape index (κ3) is 4.07. The molecule has 2 aromatic rings. The molecule has 20 heavy (non-hydrogen) atoms. The second kappa shape index (κ2) is 6.53. The Balaban J connectivity index is 1.85. The number of carboxylic acid groups (broad SMARTS) is 1. The highest BCUT2D eigenvalue weighted by Crippen LogP contribution is 2.21. The Morgan fingerprint density at radius 1 is 1.20 bits per heavy atom. The van der Waals surface area contributed by atoms with Gasteiger partial charge in [0.15, 0.2) is 6.61 Å². The zero-order valence-electron chi connectivity index (χ0n) is 10.1. The number of anilines is 1. The van der Waals surface area contributed by atoms with Crippen molar-refractivity contribution < 1.29 is 19.4 Å². The third-order valence-electron chi connectivity index (χ3n) is 2.26. The van der Waals surface area contributed by atoms with Crippen LogP contribution in [0.1, 0.15) is 9.67 Å². The van der Waals surface area contributed by atoms with Gasteiger partial charge in [-0.15, -0.1) is 11.3 Å². The Morgan fingerprint density at radius 3 is 2.50 bits per heavy atom. The molecule has 5 nitrogen and oxygen atoms in total. The van der Waals surface area contributed by atoms with E-state index in [4.69, 9.17) is 9.84 Å². The van der Waals surface area contributed by atoms with Crippen LogP contribution in [-0.2, 0) is 4.79 Å². The maximum Gasteiger partial charge on any atom is 0.345 e. The van der Waals surface area contributed by atoms with Gasteiger partial charge in [-0.05, 0) is 36.4 Å². The van der Waals surface area contributed by atoms with Crippen molar-refractivity contribution >= 4 is 44.1 Å². The van der Waals surface area contributed by atoms with Gasteiger partial charge in [-0.2, -0.15) is 0 Å². The topological polar surface area (TPSA) is 75.6 Å². The predicted molar refractivity (Wildman–Crippen MR) is 79.5 cm³/mol. The molecule has 0 saturated heterocycles. The molecule has 0 saturated carbocycles. The van der Waals surface area contributed by atoms with Gasteiger partial charge >= 0.3 is 5.97 Å². The first-order valence-electron chi connectivity index (χ1n) is 5.56. The quantitative estimate of drug-likeness (QED) is 0.863. The van der Waals surface area contributed by atoms with Crippen molar-refractivity contribution in [3.63, 3.8) is 0 Å². The lowest BCUT2D eigenvalue weighted by atomic mass is 10.3. The third-order valence-corrected chi connectivity index (χ3v) is 3.78. The fourth-order valence-corrected chi connectivity index (χ4v) is 2.40. The van der Waals surface area contributed by atoms with E-state index in [2.05, 4.69) is 21.2 Å². The molecular weight excluding hydrogens is 346 g/mol. The molecule has 0 radical (unpaired) electrons. The van der Waals surface area contributed by atoms with Crippen LogP contribution in [0.2, 0.25) is 0 Å². The van der Waals surface area contributed by atoms with E-state index in [9.17, 15) is 9.59 Å². The van der Waals surface area contributed by atoms with Gasteiger partial charge in [0.1, 0.15) is 10.6 Å². The van der Waals surface area contributed by atoms with Gasteiger partial charge < -0.3 is 15.2 Å². The average Bonchev–Trinajstić information content (AvgIpc) is 2.87. The normalized spacial score (nSPS) is 10.1. The van der Waals surface area contributed by atoms with Crippen molar-refractivity contribution in [1.82, 2.24) is 0 Å². The summed E-state index contributed by atoms with van der Waals surface area (Å²) in [6.07, 6.45) is 0. The first kappa shape index (κ1) is 14.5. The summed E-state index contributed by atoms with van der Waals surface area (Å²) in [4.78, 5) is 22.5. The van der Waals surface area contributed by atoms with Gasteiger partial charge in [0.2, 0.25) is 0 Å². The van der Waals surface area contributed by atoms with Crippen LogP contribution in [0.5, 0.6) is 5.75 Å². The molecule has 0 unspecified atom stereocenters. The van der Waals surface area contributed by atoms with Crippen LogP contribution >= 0.6 is 27.3 Å². The van der Waals surface area contributed by atoms with Crippen LogP contribution in [-0.4, -0.2) is 23.6 Å². The van der Waals surface area contributed by atoms with Crippen molar-refractivity contribution in [3.05, 3.63) is 45.7 Å². The van der Waals surface area contributed by atoms with Crippen LogP contribution in [0.3, 0.4) is 0 Å². The first-order valence-corrected chi connectivity index (χ1v) is 7.17. The lowest BCUT2D eigenvalue weighted by molar-refractivity contribution is -0.118. The van der Waals surface area contributed by atoms with E-state index >= 15 is 0 Å². The number of halogens is 1. The fourth-order valence-electron chi connectivity index (χ4n) is 1.37. The summed E-state index contributed by atoms with van der Waals surface area (Å²) in [5.41, 5.74) is 0. The number of nitrogens with one attached hydrogen (secondary N) is 1. The Kier molecular flexibility index (Phi) is 4.75. The number of carbonyl (C=O) groups excluding carboxylic acids is 1. The van der Waals surface area contributed by atoms with E-state index < -0.39 is 5.97 Å². The number of thiophene rings is 1. The van der Waals surface area contributed by atoms with Crippen LogP contribution in [0.25, 0.3) is 0 Å². The average molecular weight is 356 g/mol. The number of amides is 1. The number of ether oxygens (including phenoxy) is 1. The maximum absolute atomic E-state index is 11.6. The number of rotatable bonds is 5. The van der Waals surface area contributed by atoms with Gasteiger partial charge in [-0.1, -0.05) is 15.9 Å². The van der Waals surface area contributed by atoms with Crippen molar-refractivity contribution in [2.24, 2.45) is 0 Å². The summed E-state index contributed by atoms with van der Waals surface area (Å²) in [5, 5.41) is 11.8. The molecule has 7 heteroatoms. The van der Waals surface area contributed by atoms with Crippen molar-refractivity contribution in [3.8, 4) is 5.75 Å². The van der Waals surface area contributed by atoms with Gasteiger partial charge in [0.25, 0.3) is 5.91 Å². The molecule has 2 rings (SSSR count). The Hall–Kier alpha value is -1.86. The zero-order chi connectivity index (χ0) is 14.5. The summed E-state index contributed by atoms with van der Waals surface area (Å²) in [6.45, 7) is -0.137. The second-order valence-electron chi connectivity index (χ2n) is 3.76.